The van der Waals surface area contributed by atoms with Gasteiger partial charge in [0.05, 0.1) is 17.5 Å². The highest BCUT2D eigenvalue weighted by atomic mass is 16.5. The fourth-order valence-corrected chi connectivity index (χ4v) is 2.91. The molecule has 1 unspecified atom stereocenters. The number of rotatable bonds is 7. The highest BCUT2D eigenvalue weighted by molar-refractivity contribution is 5.48. The minimum Gasteiger partial charge on any atom is -0.377 e. The van der Waals surface area contributed by atoms with Gasteiger partial charge in [-0.05, 0) is 25.3 Å². The van der Waals surface area contributed by atoms with E-state index in [0.29, 0.717) is 6.10 Å². The van der Waals surface area contributed by atoms with Gasteiger partial charge in [0, 0.05) is 38.6 Å². The minimum atomic E-state index is 0.341. The molecule has 0 N–H and O–H groups in total. The minimum absolute atomic E-state index is 0.341. The zero-order valence-corrected chi connectivity index (χ0v) is 14.3. The topological polar surface area (TPSA) is 38.2 Å². The van der Waals surface area contributed by atoms with Gasteiger partial charge in [0.15, 0.2) is 0 Å². The molecule has 0 aliphatic carbocycles. The monoisotopic (exact) mass is 323 g/mol. The van der Waals surface area contributed by atoms with Gasteiger partial charge in [0.1, 0.15) is 0 Å². The van der Waals surface area contributed by atoms with Crippen molar-refractivity contribution in [2.45, 2.75) is 32.4 Å². The van der Waals surface area contributed by atoms with Crippen LogP contribution in [0.3, 0.4) is 0 Å². The van der Waals surface area contributed by atoms with Crippen LogP contribution in [0.5, 0.6) is 0 Å². The molecule has 1 aliphatic rings. The van der Waals surface area contributed by atoms with Gasteiger partial charge in [0.25, 0.3) is 0 Å². The van der Waals surface area contributed by atoms with E-state index in [2.05, 4.69) is 51.3 Å². The zero-order chi connectivity index (χ0) is 16.6. The maximum atomic E-state index is 5.80. The summed E-state index contributed by atoms with van der Waals surface area (Å²) in [6.07, 6.45) is 10.8. The molecule has 1 aromatic carbocycles. The van der Waals surface area contributed by atoms with Crippen molar-refractivity contribution in [1.82, 2.24) is 14.9 Å². The van der Waals surface area contributed by atoms with Crippen LogP contribution in [0.1, 0.15) is 29.8 Å². The standard InChI is InChI=1S/C20H25N3O/c1-17-13-22-19(14-21-17)15-23(16-20-10-6-12-24-20)11-5-9-18-7-3-2-4-8-18/h2-5,7-9,13-14,20H,6,10-12,15-16H2,1H3. The Bertz CT molecular complexity index is 634. The molecule has 0 saturated carbocycles. The summed E-state index contributed by atoms with van der Waals surface area (Å²) in [5, 5.41) is 0. The Morgan fingerprint density at radius 2 is 2.08 bits per heavy atom. The SMILES string of the molecule is Cc1cnc(CN(CC=Cc2ccccc2)CC2CCCO2)cn1. The molecular formula is C20H25N3O. The first kappa shape index (κ1) is 16.8. The molecule has 1 aromatic heterocycles. The van der Waals surface area contributed by atoms with E-state index in [9.17, 15) is 0 Å². The van der Waals surface area contributed by atoms with Gasteiger partial charge >= 0.3 is 0 Å². The van der Waals surface area contributed by atoms with Crippen LogP contribution in [-0.2, 0) is 11.3 Å². The van der Waals surface area contributed by atoms with Crippen LogP contribution in [0.15, 0.2) is 48.8 Å². The van der Waals surface area contributed by atoms with Crippen LogP contribution < -0.4 is 0 Å². The summed E-state index contributed by atoms with van der Waals surface area (Å²) in [5.74, 6) is 0. The van der Waals surface area contributed by atoms with Crippen LogP contribution in [0.25, 0.3) is 6.08 Å². The molecule has 24 heavy (non-hydrogen) atoms. The lowest BCUT2D eigenvalue weighted by molar-refractivity contribution is 0.0743. The highest BCUT2D eigenvalue weighted by Gasteiger charge is 2.19. The molecule has 1 saturated heterocycles. The van der Waals surface area contributed by atoms with Crippen molar-refractivity contribution < 1.29 is 4.74 Å². The van der Waals surface area contributed by atoms with Crippen molar-refractivity contribution in [2.24, 2.45) is 0 Å². The van der Waals surface area contributed by atoms with Gasteiger partial charge in [-0.25, -0.2) is 0 Å². The number of aryl methyl sites for hydroxylation is 1. The Balaban J connectivity index is 1.62. The lowest BCUT2D eigenvalue weighted by Gasteiger charge is -2.23. The zero-order valence-electron chi connectivity index (χ0n) is 14.3. The summed E-state index contributed by atoms with van der Waals surface area (Å²) in [7, 11) is 0. The van der Waals surface area contributed by atoms with Crippen molar-refractivity contribution in [2.75, 3.05) is 19.7 Å². The summed E-state index contributed by atoms with van der Waals surface area (Å²) in [6, 6.07) is 10.4. The molecule has 1 aliphatic heterocycles. The maximum absolute atomic E-state index is 5.80. The lowest BCUT2D eigenvalue weighted by atomic mass is 10.2. The molecule has 0 bridgehead atoms. The maximum Gasteiger partial charge on any atom is 0.0727 e. The van der Waals surface area contributed by atoms with E-state index in [0.717, 1.165) is 44.0 Å². The number of aromatic nitrogens is 2. The number of nitrogens with zero attached hydrogens (tertiary/aromatic N) is 3. The normalized spacial score (nSPS) is 17.8. The molecule has 1 fully saturated rings. The van der Waals surface area contributed by atoms with Crippen molar-refractivity contribution in [3.63, 3.8) is 0 Å². The second kappa shape index (κ2) is 8.71. The summed E-state index contributed by atoms with van der Waals surface area (Å²) in [6.45, 7) is 5.47. The first-order valence-electron chi connectivity index (χ1n) is 8.63. The molecule has 4 nitrogen and oxygen atoms in total. The Hall–Kier alpha value is -2.04. The van der Waals surface area contributed by atoms with E-state index >= 15 is 0 Å². The van der Waals surface area contributed by atoms with E-state index in [1.807, 2.05) is 25.4 Å². The first-order valence-corrected chi connectivity index (χ1v) is 8.63. The van der Waals surface area contributed by atoms with E-state index in [1.54, 1.807) is 0 Å². The molecule has 0 radical (unpaired) electrons. The molecule has 126 valence electrons. The first-order chi connectivity index (χ1) is 11.8. The number of benzene rings is 1. The summed E-state index contributed by atoms with van der Waals surface area (Å²) in [5.41, 5.74) is 3.19. The van der Waals surface area contributed by atoms with Gasteiger partial charge in [-0.15, -0.1) is 0 Å². The van der Waals surface area contributed by atoms with Crippen molar-refractivity contribution in [3.05, 3.63) is 65.8 Å². The molecule has 0 spiro atoms. The van der Waals surface area contributed by atoms with Gasteiger partial charge in [0.2, 0.25) is 0 Å². The van der Waals surface area contributed by atoms with E-state index in [1.165, 1.54) is 12.0 Å². The van der Waals surface area contributed by atoms with Gasteiger partial charge in [-0.3, -0.25) is 14.9 Å². The fourth-order valence-electron chi connectivity index (χ4n) is 2.91. The van der Waals surface area contributed by atoms with Crippen molar-refractivity contribution in [1.29, 1.82) is 0 Å². The Labute approximate surface area is 144 Å². The Morgan fingerprint density at radius 3 is 2.79 bits per heavy atom. The van der Waals surface area contributed by atoms with E-state index in [-0.39, 0.29) is 0 Å². The second-order valence-electron chi connectivity index (χ2n) is 6.29. The van der Waals surface area contributed by atoms with E-state index < -0.39 is 0 Å². The molecule has 2 aromatic rings. The van der Waals surface area contributed by atoms with Gasteiger partial charge in [-0.1, -0.05) is 42.5 Å². The Kier molecular flexibility index (Phi) is 6.10. The van der Waals surface area contributed by atoms with Crippen molar-refractivity contribution in [3.8, 4) is 0 Å². The summed E-state index contributed by atoms with van der Waals surface area (Å²) < 4.78 is 5.80. The molecule has 3 rings (SSSR count). The number of ether oxygens (including phenoxy) is 1. The average Bonchev–Trinajstić information content (AvgIpc) is 3.11. The smallest absolute Gasteiger partial charge is 0.0727 e. The number of hydrogen-bond donors (Lipinski definition) is 0. The average molecular weight is 323 g/mol. The van der Waals surface area contributed by atoms with Gasteiger partial charge in [-0.2, -0.15) is 0 Å². The lowest BCUT2D eigenvalue weighted by Crippen LogP contribution is -2.32. The molecule has 0 amide bonds. The Morgan fingerprint density at radius 1 is 1.21 bits per heavy atom. The predicted molar refractivity (Wildman–Crippen MR) is 96.5 cm³/mol. The molecule has 4 heteroatoms. The van der Waals surface area contributed by atoms with Crippen molar-refractivity contribution >= 4 is 6.08 Å². The van der Waals surface area contributed by atoms with Crippen LogP contribution in [0.4, 0.5) is 0 Å². The summed E-state index contributed by atoms with van der Waals surface area (Å²) in [4.78, 5) is 11.2. The largest absolute Gasteiger partial charge is 0.377 e. The second-order valence-corrected chi connectivity index (χ2v) is 6.29. The quantitative estimate of drug-likeness (QED) is 0.782. The van der Waals surface area contributed by atoms with Crippen LogP contribution in [0, 0.1) is 6.92 Å². The van der Waals surface area contributed by atoms with E-state index in [4.69, 9.17) is 4.74 Å². The molecule has 1 atom stereocenters. The van der Waals surface area contributed by atoms with Gasteiger partial charge < -0.3 is 4.74 Å². The fraction of sp³-hybridized carbons (Fsp3) is 0.400. The third-order valence-corrected chi connectivity index (χ3v) is 4.18. The predicted octanol–water partition coefficient (Wildman–Crippen LogP) is 3.48. The van der Waals surface area contributed by atoms with Crippen LogP contribution in [-0.4, -0.2) is 40.7 Å². The third-order valence-electron chi connectivity index (χ3n) is 4.18. The van der Waals surface area contributed by atoms with Crippen LogP contribution >= 0.6 is 0 Å². The molecule has 2 heterocycles. The highest BCUT2D eigenvalue weighted by Crippen LogP contribution is 2.15. The molecular weight excluding hydrogens is 298 g/mol. The van der Waals surface area contributed by atoms with Crippen LogP contribution in [0.2, 0.25) is 0 Å². The number of hydrogen-bond acceptors (Lipinski definition) is 4. The summed E-state index contributed by atoms with van der Waals surface area (Å²) >= 11 is 0. The third kappa shape index (κ3) is 5.25.